The van der Waals surface area contributed by atoms with E-state index in [1.54, 1.807) is 0 Å². The maximum absolute atomic E-state index is 13.7. The van der Waals surface area contributed by atoms with Gasteiger partial charge in [0.15, 0.2) is 0 Å². The van der Waals surface area contributed by atoms with Gasteiger partial charge in [0.25, 0.3) is 0 Å². The maximum Gasteiger partial charge on any atom is 0.405 e. The summed E-state index contributed by atoms with van der Waals surface area (Å²) < 4.78 is 31.6. The van der Waals surface area contributed by atoms with Crippen LogP contribution in [0.2, 0.25) is 0 Å². The first-order valence-corrected chi connectivity index (χ1v) is 25.6. The minimum atomic E-state index is -3.32. The van der Waals surface area contributed by atoms with Gasteiger partial charge >= 0.3 is 13.7 Å². The molecule has 322 valence electrons. The number of carbonyl (C=O) groups excluding carboxylic acids is 1. The fourth-order valence-electron chi connectivity index (χ4n) is 7.68. The van der Waals surface area contributed by atoms with Crippen molar-refractivity contribution in [3.05, 3.63) is 0 Å². The summed E-state index contributed by atoms with van der Waals surface area (Å²) in [6.45, 7) is 11.8. The van der Waals surface area contributed by atoms with Crippen molar-refractivity contribution in [2.45, 2.75) is 252 Å². The molecule has 0 aromatic rings. The Morgan fingerprint density at radius 3 is 1.41 bits per heavy atom. The number of nitrogens with zero attached hydrogens (tertiary/aromatic N) is 1. The molecule has 0 bridgehead atoms. The third-order valence-corrected chi connectivity index (χ3v) is 12.9. The second-order valence-corrected chi connectivity index (χ2v) is 18.4. The molecule has 0 spiro atoms. The summed E-state index contributed by atoms with van der Waals surface area (Å²) in [6, 6.07) is 0. The first-order chi connectivity index (χ1) is 26.5. The number of carbonyl (C=O) groups is 1. The van der Waals surface area contributed by atoms with Crippen molar-refractivity contribution in [2.75, 3.05) is 39.4 Å². The highest BCUT2D eigenvalue weighted by molar-refractivity contribution is 7.51. The molecule has 1 atom stereocenters. The zero-order chi connectivity index (χ0) is 39.1. The predicted octanol–water partition coefficient (Wildman–Crippen LogP) is 14.7. The molecule has 0 aromatic carbocycles. The van der Waals surface area contributed by atoms with Crippen LogP contribution in [0.4, 0.5) is 0 Å². The number of likely N-dealkylation sites (tertiary alicyclic amines) is 1. The molecular formula is C46H93N2O5P. The molecule has 0 radical (unpaired) electrons. The Bertz CT molecular complexity index is 824. The molecule has 0 saturated carbocycles. The van der Waals surface area contributed by atoms with Crippen LogP contribution in [0.5, 0.6) is 0 Å². The monoisotopic (exact) mass is 785 g/mol. The molecule has 1 saturated heterocycles. The molecule has 0 aromatic heterocycles. The number of hydrogen-bond donors (Lipinski definition) is 1. The standard InChI is InChI=1S/C46H93N2O5P/c1-4-7-10-13-16-17-18-19-20-25-33-43-51-54(50,47-39-35-42-48-40-31-27-32-41-48)52-44-34-26-21-24-30-38-46(49)53-45(36-28-22-14-11-8-5-2)37-29-23-15-12-9-6-3/h45H,4-44H2,1-3H3,(H,47,50). The fraction of sp³-hybridized carbons (Fsp3) is 0.978. The Morgan fingerprint density at radius 1 is 0.537 bits per heavy atom. The third kappa shape index (κ3) is 33.7. The van der Waals surface area contributed by atoms with E-state index in [9.17, 15) is 9.36 Å². The van der Waals surface area contributed by atoms with Gasteiger partial charge in [0.2, 0.25) is 0 Å². The minimum Gasteiger partial charge on any atom is -0.462 e. The van der Waals surface area contributed by atoms with Crippen molar-refractivity contribution in [3.63, 3.8) is 0 Å². The summed E-state index contributed by atoms with van der Waals surface area (Å²) in [6.07, 6.45) is 41.7. The van der Waals surface area contributed by atoms with Crippen LogP contribution in [-0.2, 0) is 23.1 Å². The fourth-order valence-corrected chi connectivity index (χ4v) is 9.11. The molecule has 1 unspecified atom stereocenters. The molecule has 1 rings (SSSR count). The lowest BCUT2D eigenvalue weighted by atomic mass is 10.0. The minimum absolute atomic E-state index is 0.0115. The lowest BCUT2D eigenvalue weighted by Crippen LogP contribution is -2.32. The van der Waals surface area contributed by atoms with Crippen LogP contribution < -0.4 is 5.09 Å². The van der Waals surface area contributed by atoms with Crippen LogP contribution in [0.25, 0.3) is 0 Å². The van der Waals surface area contributed by atoms with Gasteiger partial charge in [0, 0.05) is 13.0 Å². The van der Waals surface area contributed by atoms with Gasteiger partial charge in [-0.15, -0.1) is 0 Å². The topological polar surface area (TPSA) is 77.1 Å². The summed E-state index contributed by atoms with van der Waals surface area (Å²) >= 11 is 0. The number of hydrogen-bond acceptors (Lipinski definition) is 6. The predicted molar refractivity (Wildman–Crippen MR) is 232 cm³/mol. The Balaban J connectivity index is 2.31. The van der Waals surface area contributed by atoms with Crippen LogP contribution >= 0.6 is 7.75 Å². The van der Waals surface area contributed by atoms with Gasteiger partial charge in [-0.25, -0.2) is 9.65 Å². The number of esters is 1. The van der Waals surface area contributed by atoms with Gasteiger partial charge in [-0.05, 0) is 83.8 Å². The number of rotatable bonds is 42. The average Bonchev–Trinajstić information content (AvgIpc) is 3.18. The van der Waals surface area contributed by atoms with Gasteiger partial charge in [-0.2, -0.15) is 0 Å². The average molecular weight is 785 g/mol. The molecule has 54 heavy (non-hydrogen) atoms. The van der Waals surface area contributed by atoms with Crippen molar-refractivity contribution in [1.82, 2.24) is 9.99 Å². The summed E-state index contributed by atoms with van der Waals surface area (Å²) in [5.74, 6) is -0.0115. The summed E-state index contributed by atoms with van der Waals surface area (Å²) in [4.78, 5) is 15.3. The molecule has 8 heteroatoms. The number of nitrogens with one attached hydrogen (secondary N) is 1. The van der Waals surface area contributed by atoms with E-state index >= 15 is 0 Å². The van der Waals surface area contributed by atoms with Gasteiger partial charge in [0.1, 0.15) is 6.10 Å². The van der Waals surface area contributed by atoms with E-state index in [1.807, 2.05) is 0 Å². The molecule has 0 amide bonds. The smallest absolute Gasteiger partial charge is 0.405 e. The number of unbranched alkanes of at least 4 members (excludes halogenated alkanes) is 24. The molecule has 1 aliphatic rings. The quantitative estimate of drug-likeness (QED) is 0.0375. The van der Waals surface area contributed by atoms with Crippen molar-refractivity contribution in [2.24, 2.45) is 0 Å². The van der Waals surface area contributed by atoms with Gasteiger partial charge in [-0.1, -0.05) is 175 Å². The van der Waals surface area contributed by atoms with E-state index in [4.69, 9.17) is 13.8 Å². The van der Waals surface area contributed by atoms with Crippen molar-refractivity contribution in [3.8, 4) is 0 Å². The molecule has 1 heterocycles. The lowest BCUT2D eigenvalue weighted by Gasteiger charge is -2.26. The first-order valence-electron chi connectivity index (χ1n) is 24.1. The molecular weight excluding hydrogens is 691 g/mol. The number of piperidine rings is 1. The van der Waals surface area contributed by atoms with Crippen LogP contribution in [0.1, 0.15) is 245 Å². The zero-order valence-electron chi connectivity index (χ0n) is 36.5. The van der Waals surface area contributed by atoms with Crippen LogP contribution in [-0.4, -0.2) is 56.4 Å². The third-order valence-electron chi connectivity index (χ3n) is 11.3. The first kappa shape index (κ1) is 51.6. The van der Waals surface area contributed by atoms with Gasteiger partial charge < -0.3 is 9.64 Å². The van der Waals surface area contributed by atoms with E-state index in [0.29, 0.717) is 26.2 Å². The molecule has 0 aliphatic carbocycles. The Morgan fingerprint density at radius 2 is 0.944 bits per heavy atom. The Hall–Kier alpha value is -0.460. The SMILES string of the molecule is CCCCCCCCCCCCCOP(=O)(NCCCN1CCCCC1)OCCCCCCCC(=O)OC(CCCCCCCC)CCCCCCCC. The summed E-state index contributed by atoms with van der Waals surface area (Å²) in [7, 11) is -3.32. The molecule has 1 N–H and O–H groups in total. The highest BCUT2D eigenvalue weighted by Gasteiger charge is 2.24. The highest BCUT2D eigenvalue weighted by Crippen LogP contribution is 2.44. The van der Waals surface area contributed by atoms with E-state index in [-0.39, 0.29) is 12.1 Å². The second kappa shape index (κ2) is 39.4. The number of ether oxygens (including phenoxy) is 1. The normalized spacial score (nSPS) is 14.9. The van der Waals surface area contributed by atoms with Crippen LogP contribution in [0.15, 0.2) is 0 Å². The second-order valence-electron chi connectivity index (χ2n) is 16.6. The van der Waals surface area contributed by atoms with E-state index < -0.39 is 7.75 Å². The van der Waals surface area contributed by atoms with Gasteiger partial charge in [0.05, 0.1) is 13.2 Å². The highest BCUT2D eigenvalue weighted by atomic mass is 31.2. The Kier molecular flexibility index (Phi) is 37.6. The van der Waals surface area contributed by atoms with E-state index in [0.717, 1.165) is 70.8 Å². The van der Waals surface area contributed by atoms with Gasteiger partial charge in [-0.3, -0.25) is 13.8 Å². The molecule has 7 nitrogen and oxygen atoms in total. The van der Waals surface area contributed by atoms with Crippen LogP contribution in [0, 0.1) is 0 Å². The van der Waals surface area contributed by atoms with Crippen molar-refractivity contribution < 1.29 is 23.1 Å². The summed E-state index contributed by atoms with van der Waals surface area (Å²) in [5.41, 5.74) is 0. The molecule has 1 fully saturated rings. The maximum atomic E-state index is 13.7. The van der Waals surface area contributed by atoms with Crippen molar-refractivity contribution >= 4 is 13.7 Å². The Labute approximate surface area is 336 Å². The largest absolute Gasteiger partial charge is 0.462 e. The van der Waals surface area contributed by atoms with Crippen LogP contribution in [0.3, 0.4) is 0 Å². The summed E-state index contributed by atoms with van der Waals surface area (Å²) in [5, 5.41) is 3.20. The van der Waals surface area contributed by atoms with Crippen molar-refractivity contribution in [1.29, 1.82) is 0 Å². The van der Waals surface area contributed by atoms with E-state index in [1.165, 1.54) is 167 Å². The molecule has 1 aliphatic heterocycles. The van der Waals surface area contributed by atoms with E-state index in [2.05, 4.69) is 30.8 Å². The zero-order valence-corrected chi connectivity index (χ0v) is 37.4. The lowest BCUT2D eigenvalue weighted by molar-refractivity contribution is -0.150.